The Morgan fingerprint density at radius 1 is 0.431 bits per heavy atom. The van der Waals surface area contributed by atoms with Crippen molar-refractivity contribution in [1.29, 1.82) is 0 Å². The van der Waals surface area contributed by atoms with Crippen LogP contribution in [0.5, 0.6) is 0 Å². The molecule has 7 rings (SSSR count). The molecular weight excluding hydrogens is 981 g/mol. The Balaban J connectivity index is 0.000000232. The van der Waals surface area contributed by atoms with Crippen molar-refractivity contribution >= 4 is 43.2 Å². The molecule has 0 spiro atoms. The summed E-state index contributed by atoms with van der Waals surface area (Å²) < 4.78 is 60.0. The van der Waals surface area contributed by atoms with E-state index < -0.39 is 44.2 Å². The van der Waals surface area contributed by atoms with E-state index in [-0.39, 0.29) is 29.3 Å². The summed E-state index contributed by atoms with van der Waals surface area (Å²) in [6, 6.07) is 56.1. The molecule has 65 heavy (non-hydrogen) atoms. The molecule has 13 heteroatoms. The predicted octanol–water partition coefficient (Wildman–Crippen LogP) is 13.0. The summed E-state index contributed by atoms with van der Waals surface area (Å²) in [6.07, 6.45) is 0. The number of sulfonamides is 2. The smallest absolute Gasteiger partial charge is 0.537 e. The molecule has 0 aliphatic heterocycles. The van der Waals surface area contributed by atoms with Crippen molar-refractivity contribution in [2.45, 2.75) is 72.4 Å². The van der Waals surface area contributed by atoms with Gasteiger partial charge in [0.2, 0.25) is 0 Å². The maximum Gasteiger partial charge on any atom is 2.00 e. The molecular formula is C52H54Cl2N4O4RuS2. The topological polar surface area (TPSA) is 149 Å². The van der Waals surface area contributed by atoms with Crippen LogP contribution in [0, 0.1) is 6.92 Å². The summed E-state index contributed by atoms with van der Waals surface area (Å²) >= 11 is 11.6. The summed E-state index contributed by atoms with van der Waals surface area (Å²) in [6.45, 7) is 6.54. The number of alkyl halides is 2. The van der Waals surface area contributed by atoms with Gasteiger partial charge < -0.3 is 20.9 Å². The van der Waals surface area contributed by atoms with Crippen molar-refractivity contribution in [3.05, 3.63) is 248 Å². The fourth-order valence-electron chi connectivity index (χ4n) is 6.56. The fraction of sp³-hybridized carbons (Fsp3) is 0.192. The first-order valence-corrected chi connectivity index (χ1v) is 24.7. The third kappa shape index (κ3) is 15.8. The van der Waals surface area contributed by atoms with Crippen molar-refractivity contribution in [2.75, 3.05) is 0 Å². The van der Waals surface area contributed by atoms with E-state index in [1.54, 1.807) is 24.3 Å². The maximum absolute atomic E-state index is 12.9. The zero-order valence-electron chi connectivity index (χ0n) is 36.4. The van der Waals surface area contributed by atoms with Crippen LogP contribution < -0.4 is 11.5 Å². The number of halogens is 2. The molecule has 0 aliphatic rings. The standard InChI is InChI=1S/2C21H20ClN2O2S.C10H14.Ru/c2*22-15-16-11-13-19(14-12-16)27(25,26)24-21(18-9-5-2-6-10-18)20(23)17-7-3-1-4-8-17;1-8(2)10-6-4-9(3)5-7-10;/h2*1-14,20-21H,15,23H2;4-8H,1-3H3;/q2*-1;;+2/t2*20-,21-;;/m00../s1. The van der Waals surface area contributed by atoms with Gasteiger partial charge >= 0.3 is 19.5 Å². The van der Waals surface area contributed by atoms with Crippen LogP contribution in [0.15, 0.2) is 204 Å². The normalized spacial score (nSPS) is 13.1. The zero-order chi connectivity index (χ0) is 46.1. The van der Waals surface area contributed by atoms with Gasteiger partial charge in [0, 0.05) is 33.6 Å². The Morgan fingerprint density at radius 2 is 0.723 bits per heavy atom. The molecule has 4 atom stereocenters. The van der Waals surface area contributed by atoms with Crippen molar-refractivity contribution in [3.63, 3.8) is 0 Å². The van der Waals surface area contributed by atoms with Gasteiger partial charge in [-0.1, -0.05) is 212 Å². The van der Waals surface area contributed by atoms with E-state index in [1.165, 1.54) is 35.4 Å². The monoisotopic (exact) mass is 1030 g/mol. The number of nitrogens with zero attached hydrogens (tertiary/aromatic N) is 2. The molecule has 0 saturated carbocycles. The predicted molar refractivity (Wildman–Crippen MR) is 263 cm³/mol. The van der Waals surface area contributed by atoms with E-state index in [0.29, 0.717) is 17.7 Å². The quantitative estimate of drug-likeness (QED) is 0.0771. The molecule has 0 aromatic heterocycles. The van der Waals surface area contributed by atoms with E-state index in [1.807, 2.05) is 121 Å². The Labute approximate surface area is 408 Å². The largest absolute Gasteiger partial charge is 2.00 e. The number of hydrogen-bond acceptors (Lipinski definition) is 6. The van der Waals surface area contributed by atoms with Gasteiger partial charge in [0.1, 0.15) is 20.0 Å². The second kappa shape index (κ2) is 26.0. The zero-order valence-corrected chi connectivity index (χ0v) is 41.3. The number of rotatable bonds is 15. The third-order valence-electron chi connectivity index (χ3n) is 10.3. The summed E-state index contributed by atoms with van der Waals surface area (Å²) in [5.41, 5.74) is 20.4. The fourth-order valence-corrected chi connectivity index (χ4v) is 9.22. The summed E-state index contributed by atoms with van der Waals surface area (Å²) in [7, 11) is -7.77. The van der Waals surface area contributed by atoms with Crippen LogP contribution in [-0.2, 0) is 51.3 Å². The van der Waals surface area contributed by atoms with E-state index >= 15 is 0 Å². The summed E-state index contributed by atoms with van der Waals surface area (Å²) in [4.78, 5) is 0.245. The number of hydrogen-bond donors (Lipinski definition) is 2. The average Bonchev–Trinajstić information content (AvgIpc) is 3.33. The van der Waals surface area contributed by atoms with Crippen molar-refractivity contribution < 1.29 is 36.3 Å². The van der Waals surface area contributed by atoms with Crippen LogP contribution in [0.4, 0.5) is 0 Å². The third-order valence-corrected chi connectivity index (χ3v) is 13.7. The summed E-state index contributed by atoms with van der Waals surface area (Å²) in [5, 5.41) is 0. The van der Waals surface area contributed by atoms with Gasteiger partial charge in [-0.2, -0.15) is 0 Å². The van der Waals surface area contributed by atoms with Crippen LogP contribution in [0.1, 0.15) is 88.4 Å². The Hall–Kier alpha value is -4.52. The minimum absolute atomic E-state index is 0. The molecule has 8 nitrogen and oxygen atoms in total. The van der Waals surface area contributed by atoms with Crippen LogP contribution in [0.25, 0.3) is 9.44 Å². The van der Waals surface area contributed by atoms with E-state index in [2.05, 4.69) is 54.5 Å². The first-order chi connectivity index (χ1) is 30.7. The van der Waals surface area contributed by atoms with Crippen LogP contribution in [0.3, 0.4) is 0 Å². The molecule has 0 bridgehead atoms. The van der Waals surface area contributed by atoms with E-state index in [4.69, 9.17) is 34.7 Å². The maximum atomic E-state index is 12.9. The second-order valence-electron chi connectivity index (χ2n) is 15.4. The minimum Gasteiger partial charge on any atom is -0.537 e. The molecule has 0 radical (unpaired) electrons. The SMILES string of the molecule is Cc1ccc(C(C)C)cc1.N[C@@H](c1ccccc1)[C@@H]([N-]S(=O)(=O)c1ccc(CCl)cc1)c1ccccc1.N[C@@H](c1ccccc1)[C@@H]([N-]S(=O)(=O)c1ccc(CCl)cc1)c1ccccc1.[Ru+2]. The Kier molecular flexibility index (Phi) is 21.2. The number of nitrogens with two attached hydrogens (primary N) is 2. The van der Waals surface area contributed by atoms with Gasteiger partial charge in [-0.3, -0.25) is 0 Å². The molecule has 0 unspecified atom stereocenters. The molecule has 7 aromatic carbocycles. The van der Waals surface area contributed by atoms with Crippen molar-refractivity contribution in [1.82, 2.24) is 0 Å². The van der Waals surface area contributed by atoms with E-state index in [0.717, 1.165) is 33.4 Å². The van der Waals surface area contributed by atoms with Crippen molar-refractivity contribution in [2.24, 2.45) is 11.5 Å². The van der Waals surface area contributed by atoms with Crippen molar-refractivity contribution in [3.8, 4) is 0 Å². The average molecular weight is 1040 g/mol. The van der Waals surface area contributed by atoms with Gasteiger partial charge in [0.25, 0.3) is 0 Å². The molecule has 340 valence electrons. The van der Waals surface area contributed by atoms with Gasteiger partial charge in [-0.15, -0.1) is 23.2 Å². The second-order valence-corrected chi connectivity index (χ2v) is 19.2. The number of benzene rings is 7. The molecule has 0 saturated heterocycles. The Bertz CT molecular complexity index is 2500. The molecule has 0 amide bonds. The molecule has 0 aliphatic carbocycles. The van der Waals surface area contributed by atoms with Gasteiger partial charge in [0.05, 0.1) is 0 Å². The molecule has 0 heterocycles. The first-order valence-electron chi connectivity index (χ1n) is 20.7. The Morgan fingerprint density at radius 3 is 1.00 bits per heavy atom. The van der Waals surface area contributed by atoms with Gasteiger partial charge in [0.15, 0.2) is 0 Å². The van der Waals surface area contributed by atoms with Crippen LogP contribution >= 0.6 is 23.2 Å². The molecule has 0 fully saturated rings. The first kappa shape index (κ1) is 53.1. The summed E-state index contributed by atoms with van der Waals surface area (Å²) in [5.74, 6) is 1.30. The number of aryl methyl sites for hydroxylation is 1. The minimum atomic E-state index is -3.88. The molecule has 7 aromatic rings. The van der Waals surface area contributed by atoms with Gasteiger partial charge in [-0.25, -0.2) is 16.8 Å². The molecule has 4 N–H and O–H groups in total. The van der Waals surface area contributed by atoms with Gasteiger partial charge in [-0.05, 0) is 64.9 Å². The van der Waals surface area contributed by atoms with E-state index in [9.17, 15) is 16.8 Å². The van der Waals surface area contributed by atoms with Crippen LogP contribution in [0.2, 0.25) is 0 Å². The van der Waals surface area contributed by atoms with Crippen LogP contribution in [-0.4, -0.2) is 16.8 Å².